The first-order valence-electron chi connectivity index (χ1n) is 6.51. The number of carbonyl (C=O) groups is 1. The van der Waals surface area contributed by atoms with Gasteiger partial charge < -0.3 is 10.6 Å². The molecule has 18 heavy (non-hydrogen) atoms. The average Bonchev–Trinajstić information content (AvgIpc) is 2.95. The van der Waals surface area contributed by atoms with Crippen molar-refractivity contribution in [2.45, 2.75) is 26.8 Å². The SMILES string of the molecule is CC(C)C1(C(=O)NCc2cnn(C)c2)CCNC1. The fourth-order valence-electron chi connectivity index (χ4n) is 2.58. The summed E-state index contributed by atoms with van der Waals surface area (Å²) < 4.78 is 1.75. The Morgan fingerprint density at radius 3 is 2.94 bits per heavy atom. The van der Waals surface area contributed by atoms with E-state index in [0.717, 1.165) is 25.1 Å². The minimum atomic E-state index is -0.248. The van der Waals surface area contributed by atoms with Crippen LogP contribution in [0, 0.1) is 11.3 Å². The van der Waals surface area contributed by atoms with Crippen molar-refractivity contribution in [1.82, 2.24) is 20.4 Å². The molecule has 2 heterocycles. The molecule has 5 nitrogen and oxygen atoms in total. The maximum absolute atomic E-state index is 12.4. The number of hydrogen-bond acceptors (Lipinski definition) is 3. The number of amides is 1. The van der Waals surface area contributed by atoms with E-state index in [0.29, 0.717) is 12.5 Å². The second-order valence-corrected chi connectivity index (χ2v) is 5.44. The molecule has 5 heteroatoms. The molecule has 1 aliphatic heterocycles. The normalized spacial score (nSPS) is 23.6. The average molecular weight is 250 g/mol. The fraction of sp³-hybridized carbons (Fsp3) is 0.692. The molecule has 0 bridgehead atoms. The quantitative estimate of drug-likeness (QED) is 0.826. The number of aromatic nitrogens is 2. The predicted molar refractivity (Wildman–Crippen MR) is 69.8 cm³/mol. The van der Waals surface area contributed by atoms with E-state index < -0.39 is 0 Å². The highest BCUT2D eigenvalue weighted by atomic mass is 16.2. The number of carbonyl (C=O) groups excluding carboxylic acids is 1. The van der Waals surface area contributed by atoms with Crippen LogP contribution in [0.1, 0.15) is 25.8 Å². The van der Waals surface area contributed by atoms with Crippen molar-refractivity contribution in [2.24, 2.45) is 18.4 Å². The second kappa shape index (κ2) is 5.10. The molecule has 0 aromatic carbocycles. The Morgan fingerprint density at radius 1 is 1.67 bits per heavy atom. The molecule has 1 aliphatic rings. The largest absolute Gasteiger partial charge is 0.351 e. The van der Waals surface area contributed by atoms with Crippen LogP contribution in [0.4, 0.5) is 0 Å². The molecular formula is C13H22N4O. The summed E-state index contributed by atoms with van der Waals surface area (Å²) in [5.74, 6) is 0.507. The van der Waals surface area contributed by atoms with Crippen LogP contribution >= 0.6 is 0 Å². The fourth-order valence-corrected chi connectivity index (χ4v) is 2.58. The maximum Gasteiger partial charge on any atom is 0.228 e. The molecular weight excluding hydrogens is 228 g/mol. The molecule has 1 aromatic rings. The smallest absolute Gasteiger partial charge is 0.228 e. The third-order valence-electron chi connectivity index (χ3n) is 3.96. The molecule has 0 radical (unpaired) electrons. The third-order valence-corrected chi connectivity index (χ3v) is 3.96. The number of rotatable bonds is 4. The van der Waals surface area contributed by atoms with Gasteiger partial charge in [0.2, 0.25) is 5.91 Å². The van der Waals surface area contributed by atoms with E-state index in [1.54, 1.807) is 10.9 Å². The van der Waals surface area contributed by atoms with Crippen molar-refractivity contribution < 1.29 is 4.79 Å². The lowest BCUT2D eigenvalue weighted by Gasteiger charge is -2.31. The third kappa shape index (κ3) is 2.41. The standard InChI is InChI=1S/C13H22N4O/c1-10(2)13(4-5-14-9-13)12(18)15-6-11-7-16-17(3)8-11/h7-8,10,14H,4-6,9H2,1-3H3,(H,15,18). The first-order chi connectivity index (χ1) is 8.54. The van der Waals surface area contributed by atoms with Gasteiger partial charge in [0.25, 0.3) is 0 Å². The summed E-state index contributed by atoms with van der Waals surface area (Å²) >= 11 is 0. The molecule has 1 atom stereocenters. The Hall–Kier alpha value is -1.36. The van der Waals surface area contributed by atoms with Crippen LogP contribution in [0.2, 0.25) is 0 Å². The molecule has 1 unspecified atom stereocenters. The maximum atomic E-state index is 12.4. The van der Waals surface area contributed by atoms with E-state index in [9.17, 15) is 4.79 Å². The molecule has 1 saturated heterocycles. The summed E-state index contributed by atoms with van der Waals surface area (Å²) in [4.78, 5) is 12.4. The van der Waals surface area contributed by atoms with Crippen LogP contribution in [0.5, 0.6) is 0 Å². The zero-order valence-corrected chi connectivity index (χ0v) is 11.4. The Bertz CT molecular complexity index is 418. The van der Waals surface area contributed by atoms with Gasteiger partial charge in [0.1, 0.15) is 0 Å². The van der Waals surface area contributed by atoms with E-state index in [4.69, 9.17) is 0 Å². The van der Waals surface area contributed by atoms with Gasteiger partial charge in [-0.1, -0.05) is 13.8 Å². The van der Waals surface area contributed by atoms with Crippen molar-refractivity contribution >= 4 is 5.91 Å². The van der Waals surface area contributed by atoms with Gasteiger partial charge in [-0.3, -0.25) is 9.48 Å². The summed E-state index contributed by atoms with van der Waals surface area (Å²) in [6.45, 7) is 6.51. The minimum absolute atomic E-state index is 0.159. The van der Waals surface area contributed by atoms with Gasteiger partial charge in [-0.15, -0.1) is 0 Å². The number of hydrogen-bond donors (Lipinski definition) is 2. The van der Waals surface area contributed by atoms with Crippen LogP contribution in [0.15, 0.2) is 12.4 Å². The molecule has 100 valence electrons. The van der Waals surface area contributed by atoms with Crippen LogP contribution in [-0.4, -0.2) is 28.8 Å². The molecule has 0 aliphatic carbocycles. The lowest BCUT2D eigenvalue weighted by Crippen LogP contribution is -2.45. The van der Waals surface area contributed by atoms with Gasteiger partial charge in [0.15, 0.2) is 0 Å². The Balaban J connectivity index is 1.98. The summed E-state index contributed by atoms with van der Waals surface area (Å²) in [7, 11) is 1.88. The van der Waals surface area contributed by atoms with Crippen LogP contribution < -0.4 is 10.6 Å². The molecule has 1 amide bonds. The van der Waals surface area contributed by atoms with Crippen LogP contribution in [0.3, 0.4) is 0 Å². The van der Waals surface area contributed by atoms with Crippen molar-refractivity contribution in [3.63, 3.8) is 0 Å². The number of aryl methyl sites for hydroxylation is 1. The zero-order valence-electron chi connectivity index (χ0n) is 11.4. The van der Waals surface area contributed by atoms with Gasteiger partial charge in [0.05, 0.1) is 11.6 Å². The Labute approximate surface area is 108 Å². The first-order valence-corrected chi connectivity index (χ1v) is 6.51. The van der Waals surface area contributed by atoms with E-state index in [1.165, 1.54) is 0 Å². The van der Waals surface area contributed by atoms with Gasteiger partial charge in [0, 0.05) is 31.9 Å². The Kier molecular flexibility index (Phi) is 3.71. The van der Waals surface area contributed by atoms with E-state index in [2.05, 4.69) is 29.6 Å². The van der Waals surface area contributed by atoms with Crippen molar-refractivity contribution in [3.8, 4) is 0 Å². The zero-order chi connectivity index (χ0) is 13.2. The van der Waals surface area contributed by atoms with Gasteiger partial charge in [-0.25, -0.2) is 0 Å². The monoisotopic (exact) mass is 250 g/mol. The summed E-state index contributed by atoms with van der Waals surface area (Å²) in [5, 5.41) is 10.4. The van der Waals surface area contributed by atoms with Gasteiger partial charge in [-0.2, -0.15) is 5.10 Å². The highest BCUT2D eigenvalue weighted by molar-refractivity contribution is 5.83. The van der Waals surface area contributed by atoms with Crippen molar-refractivity contribution in [1.29, 1.82) is 0 Å². The molecule has 1 fully saturated rings. The lowest BCUT2D eigenvalue weighted by atomic mass is 9.75. The molecule has 0 saturated carbocycles. The van der Waals surface area contributed by atoms with Gasteiger partial charge >= 0.3 is 0 Å². The van der Waals surface area contributed by atoms with E-state index >= 15 is 0 Å². The molecule has 1 aromatic heterocycles. The van der Waals surface area contributed by atoms with Crippen molar-refractivity contribution in [3.05, 3.63) is 18.0 Å². The van der Waals surface area contributed by atoms with Gasteiger partial charge in [-0.05, 0) is 18.9 Å². The lowest BCUT2D eigenvalue weighted by molar-refractivity contribution is -0.132. The Morgan fingerprint density at radius 2 is 2.44 bits per heavy atom. The van der Waals surface area contributed by atoms with E-state index in [1.807, 2.05) is 13.2 Å². The summed E-state index contributed by atoms with van der Waals surface area (Å²) in [6, 6.07) is 0. The molecule has 0 spiro atoms. The highest BCUT2D eigenvalue weighted by Crippen LogP contribution is 2.34. The second-order valence-electron chi connectivity index (χ2n) is 5.44. The summed E-state index contributed by atoms with van der Waals surface area (Å²) in [5.41, 5.74) is 0.790. The summed E-state index contributed by atoms with van der Waals surface area (Å²) in [6.07, 6.45) is 4.63. The topological polar surface area (TPSA) is 59.0 Å². The predicted octanol–water partition coefficient (Wildman–Crippen LogP) is 0.672. The van der Waals surface area contributed by atoms with Crippen LogP contribution in [0.25, 0.3) is 0 Å². The van der Waals surface area contributed by atoms with E-state index in [-0.39, 0.29) is 11.3 Å². The minimum Gasteiger partial charge on any atom is -0.351 e. The number of nitrogens with zero attached hydrogens (tertiary/aromatic N) is 2. The van der Waals surface area contributed by atoms with Crippen molar-refractivity contribution in [2.75, 3.05) is 13.1 Å². The molecule has 2 rings (SSSR count). The first kappa shape index (κ1) is 13.1. The molecule has 2 N–H and O–H groups in total. The number of nitrogens with one attached hydrogen (secondary N) is 2. The van der Waals surface area contributed by atoms with Crippen LogP contribution in [-0.2, 0) is 18.4 Å². The highest BCUT2D eigenvalue weighted by Gasteiger charge is 2.43.